The normalized spacial score (nSPS) is 15.1. The Morgan fingerprint density at radius 1 is 1.14 bits per heavy atom. The number of likely N-dealkylation sites (tertiary alicyclic amines) is 1. The summed E-state index contributed by atoms with van der Waals surface area (Å²) in [5, 5.41) is 4.91. The summed E-state index contributed by atoms with van der Waals surface area (Å²) < 4.78 is 31.8. The maximum absolute atomic E-state index is 14.5. The highest BCUT2D eigenvalue weighted by Crippen LogP contribution is 2.31. The molecule has 1 atom stereocenters. The number of carbonyl (C=O) groups is 1. The molecule has 1 saturated heterocycles. The molecule has 0 N–H and O–H groups in total. The minimum Gasteiger partial charge on any atom is -0.470 e. The quantitative estimate of drug-likeness (QED) is 0.176. The van der Waals surface area contributed by atoms with Crippen LogP contribution in [-0.4, -0.2) is 60.0 Å². The van der Waals surface area contributed by atoms with Crippen LogP contribution >= 0.6 is 11.6 Å². The zero-order valence-electron chi connectivity index (χ0n) is 25.0. The lowest BCUT2D eigenvalue weighted by Gasteiger charge is -2.32. The van der Waals surface area contributed by atoms with E-state index in [9.17, 15) is 9.18 Å². The Labute approximate surface area is 260 Å². The molecule has 0 bridgehead atoms. The molecule has 3 aromatic heterocycles. The fraction of sp³-hybridized carbons (Fsp3) is 0.375. The number of hydrogen-bond donors (Lipinski definition) is 0. The van der Waals surface area contributed by atoms with Crippen molar-refractivity contribution in [3.63, 3.8) is 0 Å². The summed E-state index contributed by atoms with van der Waals surface area (Å²) in [4.78, 5) is 24.0. The molecule has 10 nitrogen and oxygen atoms in total. The van der Waals surface area contributed by atoms with E-state index in [0.717, 1.165) is 55.0 Å². The average molecular weight is 620 g/mol. The number of esters is 1. The lowest BCUT2D eigenvalue weighted by atomic mass is 10.1. The number of fused-ring (bicyclic) bond motifs is 1. The van der Waals surface area contributed by atoms with E-state index in [1.54, 1.807) is 24.4 Å². The molecule has 0 aliphatic carbocycles. The Balaban J connectivity index is 1.18. The number of aryl methyl sites for hydroxylation is 1. The Bertz CT molecular complexity index is 1770. The van der Waals surface area contributed by atoms with Crippen LogP contribution in [0.25, 0.3) is 11.0 Å². The molecule has 0 amide bonds. The van der Waals surface area contributed by atoms with Gasteiger partial charge in [0.05, 0.1) is 61.1 Å². The molecule has 0 unspecified atom stereocenters. The van der Waals surface area contributed by atoms with E-state index in [4.69, 9.17) is 26.1 Å². The molecule has 5 aromatic rings. The summed E-state index contributed by atoms with van der Waals surface area (Å²) in [7, 11) is 1.39. The first-order valence-corrected chi connectivity index (χ1v) is 15.2. The van der Waals surface area contributed by atoms with Crippen LogP contribution in [0, 0.1) is 5.82 Å². The minimum absolute atomic E-state index is 0.152. The lowest BCUT2D eigenvalue weighted by Crippen LogP contribution is -2.35. The number of benzene rings is 2. The van der Waals surface area contributed by atoms with Gasteiger partial charge in [-0.2, -0.15) is 5.10 Å². The number of ether oxygens (including phenoxy) is 2. The summed E-state index contributed by atoms with van der Waals surface area (Å²) in [5.74, 6) is 0.764. The highest BCUT2D eigenvalue weighted by Gasteiger charge is 2.26. The highest BCUT2D eigenvalue weighted by molar-refractivity contribution is 6.30. The van der Waals surface area contributed by atoms with E-state index in [-0.39, 0.29) is 12.0 Å². The molecular formula is C32H35ClFN7O3. The molecule has 1 aliphatic heterocycles. The number of methoxy groups -OCH3 is 1. The first-order chi connectivity index (χ1) is 21.3. The number of nitrogens with zero attached hydrogens (tertiary/aromatic N) is 7. The summed E-state index contributed by atoms with van der Waals surface area (Å²) >= 11 is 5.93. The Morgan fingerprint density at radius 2 is 1.95 bits per heavy atom. The van der Waals surface area contributed by atoms with Gasteiger partial charge in [-0.05, 0) is 57.0 Å². The average Bonchev–Trinajstić information content (AvgIpc) is 3.76. The van der Waals surface area contributed by atoms with Gasteiger partial charge in [0.1, 0.15) is 17.7 Å². The second-order valence-electron chi connectivity index (χ2n) is 11.0. The van der Waals surface area contributed by atoms with Crippen molar-refractivity contribution >= 4 is 28.6 Å². The Kier molecular flexibility index (Phi) is 8.67. The van der Waals surface area contributed by atoms with E-state index < -0.39 is 11.9 Å². The van der Waals surface area contributed by atoms with Crippen LogP contribution in [0.3, 0.4) is 0 Å². The van der Waals surface area contributed by atoms with Crippen molar-refractivity contribution in [1.29, 1.82) is 0 Å². The molecule has 1 aliphatic rings. The lowest BCUT2D eigenvalue weighted by molar-refractivity contribution is 0.0601. The molecule has 44 heavy (non-hydrogen) atoms. The fourth-order valence-corrected chi connectivity index (χ4v) is 6.07. The molecule has 12 heteroatoms. The molecule has 0 radical (unpaired) electrons. The van der Waals surface area contributed by atoms with Crippen LogP contribution in [0.1, 0.15) is 66.3 Å². The maximum atomic E-state index is 14.5. The summed E-state index contributed by atoms with van der Waals surface area (Å²) in [6.45, 7) is 7.64. The SMILES string of the molecule is CCn1cncc1Cn1c(CN2CCC(n3nccc3O[C@H](C)c3ccc(Cl)cc3F)CC2)nc2ccc(C(=O)OC)cc21. The zero-order chi connectivity index (χ0) is 30.8. The molecule has 4 heterocycles. The number of hydrogen-bond acceptors (Lipinski definition) is 7. The van der Waals surface area contributed by atoms with Crippen molar-refractivity contribution < 1.29 is 18.7 Å². The maximum Gasteiger partial charge on any atom is 0.337 e. The van der Waals surface area contributed by atoms with Crippen molar-refractivity contribution in [2.24, 2.45) is 0 Å². The van der Waals surface area contributed by atoms with Gasteiger partial charge in [-0.25, -0.2) is 23.8 Å². The molecule has 1 fully saturated rings. The Morgan fingerprint density at radius 3 is 2.70 bits per heavy atom. The standard InChI is InChI=1S/C32H35ClFN7O3/c1-4-39-20-35-17-25(39)18-40-29-15-22(32(42)43-3)5-8-28(29)37-30(40)19-38-13-10-24(11-14-38)41-31(9-12-36-41)44-21(2)26-7-6-23(33)16-27(26)34/h5-9,12,15-17,20-21,24H,4,10-11,13-14,18-19H2,1-3H3/t21-/m1/s1. The van der Waals surface area contributed by atoms with Crippen LogP contribution < -0.4 is 4.74 Å². The van der Waals surface area contributed by atoms with Crippen molar-refractivity contribution in [3.8, 4) is 5.88 Å². The predicted octanol–water partition coefficient (Wildman–Crippen LogP) is 6.05. The van der Waals surface area contributed by atoms with Gasteiger partial charge in [0.25, 0.3) is 0 Å². The van der Waals surface area contributed by atoms with Gasteiger partial charge in [0.2, 0.25) is 5.88 Å². The smallest absolute Gasteiger partial charge is 0.337 e. The van der Waals surface area contributed by atoms with Crippen molar-refractivity contribution in [1.82, 2.24) is 33.8 Å². The molecule has 0 saturated carbocycles. The number of rotatable bonds is 10. The van der Waals surface area contributed by atoms with Gasteiger partial charge >= 0.3 is 5.97 Å². The third-order valence-corrected chi connectivity index (χ3v) is 8.54. The summed E-state index contributed by atoms with van der Waals surface area (Å²) in [6.07, 6.45) is 6.67. The van der Waals surface area contributed by atoms with Gasteiger partial charge in [0, 0.05) is 42.5 Å². The molecular weight excluding hydrogens is 585 g/mol. The van der Waals surface area contributed by atoms with E-state index in [0.29, 0.717) is 35.1 Å². The Hall–Kier alpha value is -4.22. The van der Waals surface area contributed by atoms with E-state index in [1.807, 2.05) is 42.3 Å². The number of halogens is 2. The van der Waals surface area contributed by atoms with Crippen molar-refractivity contribution in [2.75, 3.05) is 20.2 Å². The molecule has 230 valence electrons. The van der Waals surface area contributed by atoms with Crippen LogP contribution in [0.2, 0.25) is 5.02 Å². The van der Waals surface area contributed by atoms with Crippen molar-refractivity contribution in [2.45, 2.75) is 58.5 Å². The third-order valence-electron chi connectivity index (χ3n) is 8.31. The largest absolute Gasteiger partial charge is 0.470 e. The number of piperidine rings is 1. The zero-order valence-corrected chi connectivity index (χ0v) is 25.7. The van der Waals surface area contributed by atoms with Crippen LogP contribution in [0.4, 0.5) is 4.39 Å². The monoisotopic (exact) mass is 619 g/mol. The molecule has 0 spiro atoms. The number of carbonyl (C=O) groups excluding carboxylic acids is 1. The first kappa shape index (κ1) is 29.8. The fourth-order valence-electron chi connectivity index (χ4n) is 5.91. The number of imidazole rings is 2. The van der Waals surface area contributed by atoms with Gasteiger partial charge in [0.15, 0.2) is 0 Å². The number of aromatic nitrogens is 6. The van der Waals surface area contributed by atoms with Crippen LogP contribution in [-0.2, 0) is 24.4 Å². The second-order valence-corrected chi connectivity index (χ2v) is 11.5. The molecule has 2 aromatic carbocycles. The van der Waals surface area contributed by atoms with Gasteiger partial charge < -0.3 is 18.6 Å². The van der Waals surface area contributed by atoms with Crippen LogP contribution in [0.15, 0.2) is 61.2 Å². The minimum atomic E-state index is -0.500. The van der Waals surface area contributed by atoms with Crippen LogP contribution in [0.5, 0.6) is 5.88 Å². The third kappa shape index (κ3) is 6.07. The van der Waals surface area contributed by atoms with Gasteiger partial charge in [-0.3, -0.25) is 4.90 Å². The van der Waals surface area contributed by atoms with E-state index >= 15 is 0 Å². The topological polar surface area (TPSA) is 92.2 Å². The van der Waals surface area contributed by atoms with Gasteiger partial charge in [-0.1, -0.05) is 17.7 Å². The van der Waals surface area contributed by atoms with E-state index in [1.165, 1.54) is 13.2 Å². The second kappa shape index (κ2) is 12.8. The summed E-state index contributed by atoms with van der Waals surface area (Å²) in [5.41, 5.74) is 3.71. The van der Waals surface area contributed by atoms with Gasteiger partial charge in [-0.15, -0.1) is 0 Å². The van der Waals surface area contributed by atoms with E-state index in [2.05, 4.69) is 31.0 Å². The molecule has 6 rings (SSSR count). The first-order valence-electron chi connectivity index (χ1n) is 14.8. The highest BCUT2D eigenvalue weighted by atomic mass is 35.5. The predicted molar refractivity (Wildman–Crippen MR) is 164 cm³/mol. The summed E-state index contributed by atoms with van der Waals surface area (Å²) in [6, 6.07) is 12.1. The van der Waals surface area contributed by atoms with Crippen molar-refractivity contribution in [3.05, 3.63) is 94.7 Å².